The summed E-state index contributed by atoms with van der Waals surface area (Å²) in [5.74, 6) is 0.713. The predicted octanol–water partition coefficient (Wildman–Crippen LogP) is 5.02. The maximum Gasteiger partial charge on any atom is 0.268 e. The molecule has 9 heteroatoms. The van der Waals surface area contributed by atoms with Crippen LogP contribution in [0.1, 0.15) is 45.4 Å². The average molecular weight is 492 g/mol. The number of aromatic nitrogens is 4. The predicted molar refractivity (Wildman–Crippen MR) is 135 cm³/mol. The summed E-state index contributed by atoms with van der Waals surface area (Å²) in [7, 11) is -3.34. The molecule has 182 valence electrons. The van der Waals surface area contributed by atoms with Crippen molar-refractivity contribution in [2.24, 2.45) is 0 Å². The standard InChI is InChI=1S/C26H27N5O3S.H2/c1-16(2)35(32,33)21-11-9-18(10-12-21)23-15-28-17(3)24(29-23)26-31-30-25(34-26)20-7-4-6-19(14-20)22-8-5-13-27-22;/h4,6-7,9-12,14-16,22,27H,5,8,13H2,1-3H3;1H. The molecule has 0 saturated carbocycles. The summed E-state index contributed by atoms with van der Waals surface area (Å²) in [5, 5.41) is 11.5. The van der Waals surface area contributed by atoms with Crippen molar-refractivity contribution in [1.82, 2.24) is 25.5 Å². The lowest BCUT2D eigenvalue weighted by molar-refractivity contribution is 0.580. The van der Waals surface area contributed by atoms with Crippen molar-refractivity contribution in [1.29, 1.82) is 0 Å². The summed E-state index contributed by atoms with van der Waals surface area (Å²) in [6.45, 7) is 6.20. The van der Waals surface area contributed by atoms with E-state index in [4.69, 9.17) is 9.40 Å². The van der Waals surface area contributed by atoms with Gasteiger partial charge in [0.25, 0.3) is 5.89 Å². The van der Waals surface area contributed by atoms with Crippen molar-refractivity contribution in [3.8, 4) is 34.3 Å². The second-order valence-corrected chi connectivity index (χ2v) is 11.5. The third-order valence-electron chi connectivity index (χ3n) is 6.28. The minimum absolute atomic E-state index is 0. The Hall–Kier alpha value is -3.43. The molecule has 1 aliphatic heterocycles. The Morgan fingerprint density at radius 3 is 2.54 bits per heavy atom. The maximum absolute atomic E-state index is 12.4. The number of hydrogen-bond acceptors (Lipinski definition) is 8. The molecule has 0 amide bonds. The minimum atomic E-state index is -3.34. The molecular formula is C26H29N5O3S. The molecule has 1 atom stereocenters. The van der Waals surface area contributed by atoms with E-state index < -0.39 is 15.1 Å². The van der Waals surface area contributed by atoms with E-state index in [0.29, 0.717) is 29.0 Å². The Balaban J connectivity index is 0.00000304. The van der Waals surface area contributed by atoms with E-state index in [2.05, 4.69) is 32.6 Å². The van der Waals surface area contributed by atoms with Gasteiger partial charge >= 0.3 is 0 Å². The molecule has 2 aromatic carbocycles. The van der Waals surface area contributed by atoms with Gasteiger partial charge < -0.3 is 9.73 Å². The maximum atomic E-state index is 12.4. The summed E-state index contributed by atoms with van der Waals surface area (Å²) in [6, 6.07) is 15.2. The largest absolute Gasteiger partial charge is 0.415 e. The Bertz CT molecular complexity index is 1460. The van der Waals surface area contributed by atoms with Crippen LogP contribution < -0.4 is 5.32 Å². The van der Waals surface area contributed by atoms with Gasteiger partial charge in [-0.05, 0) is 70.0 Å². The van der Waals surface area contributed by atoms with Crippen LogP contribution >= 0.6 is 0 Å². The molecule has 0 bridgehead atoms. The number of hydrogen-bond donors (Lipinski definition) is 1. The van der Waals surface area contributed by atoms with Crippen molar-refractivity contribution in [3.05, 3.63) is 66.0 Å². The lowest BCUT2D eigenvalue weighted by atomic mass is 10.0. The van der Waals surface area contributed by atoms with Gasteiger partial charge in [0.05, 0.1) is 27.7 Å². The molecule has 1 aliphatic rings. The Morgan fingerprint density at radius 1 is 1.06 bits per heavy atom. The van der Waals surface area contributed by atoms with E-state index in [9.17, 15) is 8.42 Å². The van der Waals surface area contributed by atoms with E-state index in [0.717, 1.165) is 24.1 Å². The van der Waals surface area contributed by atoms with Gasteiger partial charge in [0.15, 0.2) is 9.84 Å². The molecule has 5 rings (SSSR count). The smallest absolute Gasteiger partial charge is 0.268 e. The molecule has 1 unspecified atom stereocenters. The van der Waals surface area contributed by atoms with Gasteiger partial charge in [0, 0.05) is 18.6 Å². The molecule has 0 radical (unpaired) electrons. The first-order valence-corrected chi connectivity index (χ1v) is 13.2. The lowest BCUT2D eigenvalue weighted by Crippen LogP contribution is -2.13. The number of nitrogens with one attached hydrogen (secondary N) is 1. The topological polar surface area (TPSA) is 111 Å². The molecule has 1 fully saturated rings. The molecule has 2 aromatic heterocycles. The number of nitrogens with zero attached hydrogens (tertiary/aromatic N) is 4. The van der Waals surface area contributed by atoms with Crippen molar-refractivity contribution in [3.63, 3.8) is 0 Å². The van der Waals surface area contributed by atoms with E-state index in [1.165, 1.54) is 12.0 Å². The van der Waals surface area contributed by atoms with Gasteiger partial charge in [0.1, 0.15) is 5.69 Å². The second kappa shape index (κ2) is 9.31. The van der Waals surface area contributed by atoms with Crippen molar-refractivity contribution < 1.29 is 14.3 Å². The average Bonchev–Trinajstić information content (AvgIpc) is 3.57. The molecular weight excluding hydrogens is 462 g/mol. The van der Waals surface area contributed by atoms with Crippen LogP contribution in [0, 0.1) is 6.92 Å². The van der Waals surface area contributed by atoms with Crippen LogP contribution in [0.15, 0.2) is 64.0 Å². The molecule has 3 heterocycles. The van der Waals surface area contributed by atoms with Crippen LogP contribution in [-0.4, -0.2) is 40.4 Å². The highest BCUT2D eigenvalue weighted by Crippen LogP contribution is 2.30. The molecule has 0 aliphatic carbocycles. The third-order valence-corrected chi connectivity index (χ3v) is 8.45. The second-order valence-electron chi connectivity index (χ2n) is 8.99. The normalized spacial score (nSPS) is 16.2. The van der Waals surface area contributed by atoms with Crippen molar-refractivity contribution in [2.75, 3.05) is 6.54 Å². The molecule has 35 heavy (non-hydrogen) atoms. The van der Waals surface area contributed by atoms with Gasteiger partial charge in [-0.3, -0.25) is 4.98 Å². The van der Waals surface area contributed by atoms with Gasteiger partial charge in [-0.15, -0.1) is 10.2 Å². The van der Waals surface area contributed by atoms with Crippen LogP contribution in [0.25, 0.3) is 34.3 Å². The van der Waals surface area contributed by atoms with Gasteiger partial charge in [-0.2, -0.15) is 0 Å². The lowest BCUT2D eigenvalue weighted by Gasteiger charge is -2.10. The Morgan fingerprint density at radius 2 is 1.83 bits per heavy atom. The van der Waals surface area contributed by atoms with Crippen molar-refractivity contribution in [2.45, 2.75) is 49.8 Å². The van der Waals surface area contributed by atoms with Crippen LogP contribution in [0.2, 0.25) is 0 Å². The van der Waals surface area contributed by atoms with E-state index in [-0.39, 0.29) is 12.2 Å². The number of benzene rings is 2. The highest BCUT2D eigenvalue weighted by molar-refractivity contribution is 7.92. The SMILES string of the molecule is Cc1ncc(-c2ccc(S(=O)(=O)C(C)C)cc2)nc1-c1nnc(-c2cccc(C3CCCN3)c2)o1.[HH]. The van der Waals surface area contributed by atoms with Gasteiger partial charge in [-0.25, -0.2) is 13.4 Å². The van der Waals surface area contributed by atoms with Crippen LogP contribution in [0.4, 0.5) is 0 Å². The fraction of sp³-hybridized carbons (Fsp3) is 0.308. The first kappa shape index (κ1) is 23.3. The monoisotopic (exact) mass is 491 g/mol. The zero-order valence-corrected chi connectivity index (χ0v) is 20.7. The molecule has 8 nitrogen and oxygen atoms in total. The van der Waals surface area contributed by atoms with Gasteiger partial charge in [-0.1, -0.05) is 24.3 Å². The Kier molecular flexibility index (Phi) is 6.21. The fourth-order valence-electron chi connectivity index (χ4n) is 4.17. The summed E-state index contributed by atoms with van der Waals surface area (Å²) < 4.78 is 30.8. The van der Waals surface area contributed by atoms with E-state index in [1.54, 1.807) is 44.3 Å². The Labute approximate surface area is 206 Å². The third kappa shape index (κ3) is 4.61. The van der Waals surface area contributed by atoms with E-state index >= 15 is 0 Å². The van der Waals surface area contributed by atoms with Gasteiger partial charge in [0.2, 0.25) is 5.89 Å². The zero-order valence-electron chi connectivity index (χ0n) is 19.9. The number of rotatable bonds is 6. The summed E-state index contributed by atoms with van der Waals surface area (Å²) in [4.78, 5) is 9.46. The quantitative estimate of drug-likeness (QED) is 0.400. The fourth-order valence-corrected chi connectivity index (χ4v) is 5.23. The minimum Gasteiger partial charge on any atom is -0.415 e. The van der Waals surface area contributed by atoms with Crippen molar-refractivity contribution >= 4 is 9.84 Å². The number of aryl methyl sites for hydroxylation is 1. The summed E-state index contributed by atoms with van der Waals surface area (Å²) in [6.07, 6.45) is 3.94. The summed E-state index contributed by atoms with van der Waals surface area (Å²) >= 11 is 0. The highest BCUT2D eigenvalue weighted by Gasteiger charge is 2.21. The van der Waals surface area contributed by atoms with Crippen LogP contribution in [0.3, 0.4) is 0 Å². The molecule has 1 saturated heterocycles. The van der Waals surface area contributed by atoms with E-state index in [1.807, 2.05) is 19.1 Å². The van der Waals surface area contributed by atoms with Crippen LogP contribution in [0.5, 0.6) is 0 Å². The zero-order chi connectivity index (χ0) is 24.6. The number of sulfone groups is 1. The highest BCUT2D eigenvalue weighted by atomic mass is 32.2. The summed E-state index contributed by atoms with van der Waals surface area (Å²) in [5.41, 5.74) is 4.56. The van der Waals surface area contributed by atoms with Crippen LogP contribution in [-0.2, 0) is 9.84 Å². The molecule has 4 aromatic rings. The first-order chi connectivity index (χ1) is 16.8. The first-order valence-electron chi connectivity index (χ1n) is 11.7. The molecule has 1 N–H and O–H groups in total. The molecule has 0 spiro atoms.